The third-order valence-electron chi connectivity index (χ3n) is 5.66. The zero-order valence-corrected chi connectivity index (χ0v) is 19.7. The number of aromatic amines is 1. The van der Waals surface area contributed by atoms with Crippen LogP contribution in [0.5, 0.6) is 11.5 Å². The molecule has 32 heavy (non-hydrogen) atoms. The van der Waals surface area contributed by atoms with Gasteiger partial charge in [-0.25, -0.2) is 4.79 Å². The van der Waals surface area contributed by atoms with Gasteiger partial charge in [-0.15, -0.1) is 0 Å². The minimum absolute atomic E-state index is 0.00497. The lowest BCUT2D eigenvalue weighted by atomic mass is 9.75. The van der Waals surface area contributed by atoms with E-state index in [-0.39, 0.29) is 46.5 Å². The predicted molar refractivity (Wildman–Crippen MR) is 121 cm³/mol. The topological polar surface area (TPSA) is 106 Å². The summed E-state index contributed by atoms with van der Waals surface area (Å²) in [6.07, 6.45) is 1.16. The summed E-state index contributed by atoms with van der Waals surface area (Å²) in [7, 11) is 0. The fourth-order valence-corrected chi connectivity index (χ4v) is 4.03. The fraction of sp³-hybridized carbons (Fsp3) is 0.480. The van der Waals surface area contributed by atoms with Gasteiger partial charge < -0.3 is 19.6 Å². The van der Waals surface area contributed by atoms with Gasteiger partial charge in [-0.05, 0) is 34.4 Å². The fourth-order valence-electron chi connectivity index (χ4n) is 4.03. The van der Waals surface area contributed by atoms with Crippen molar-refractivity contribution in [1.82, 2.24) is 4.98 Å². The molecular formula is C25H31NO6. The van der Waals surface area contributed by atoms with Crippen molar-refractivity contribution in [1.29, 1.82) is 0 Å². The van der Waals surface area contributed by atoms with Gasteiger partial charge in [0.25, 0.3) is 5.56 Å². The number of nitrogens with one attached hydrogen (secondary N) is 1. The van der Waals surface area contributed by atoms with Gasteiger partial charge >= 0.3 is 11.9 Å². The first kappa shape index (κ1) is 23.6. The van der Waals surface area contributed by atoms with Crippen molar-refractivity contribution < 1.29 is 24.2 Å². The van der Waals surface area contributed by atoms with Crippen molar-refractivity contribution in [3.63, 3.8) is 0 Å². The number of pyridine rings is 1. The number of benzene rings is 1. The number of aromatic nitrogens is 1. The van der Waals surface area contributed by atoms with Crippen molar-refractivity contribution in [2.75, 3.05) is 6.61 Å². The van der Waals surface area contributed by atoms with E-state index >= 15 is 0 Å². The van der Waals surface area contributed by atoms with Gasteiger partial charge in [0.1, 0.15) is 11.3 Å². The number of H-pyrrole nitrogens is 1. The highest BCUT2D eigenvalue weighted by molar-refractivity contribution is 5.94. The van der Waals surface area contributed by atoms with Crippen LogP contribution in [-0.4, -0.2) is 28.6 Å². The summed E-state index contributed by atoms with van der Waals surface area (Å²) >= 11 is 0. The molecule has 1 aromatic carbocycles. The highest BCUT2D eigenvalue weighted by Crippen LogP contribution is 2.45. The molecule has 0 amide bonds. The highest BCUT2D eigenvalue weighted by Gasteiger charge is 2.37. The number of carbonyl (C=O) groups is 2. The number of ether oxygens (including phenoxy) is 2. The second-order valence-corrected chi connectivity index (χ2v) is 10.2. The molecule has 0 saturated heterocycles. The third-order valence-corrected chi connectivity index (χ3v) is 5.66. The number of phenols is 1. The number of rotatable bonds is 3. The van der Waals surface area contributed by atoms with E-state index in [0.717, 1.165) is 11.1 Å². The number of carbonyl (C=O) groups excluding carboxylic acids is 2. The molecule has 1 atom stereocenters. The van der Waals surface area contributed by atoms with E-state index in [4.69, 9.17) is 9.47 Å². The Morgan fingerprint density at radius 2 is 1.69 bits per heavy atom. The van der Waals surface area contributed by atoms with Crippen LogP contribution in [0.4, 0.5) is 0 Å². The molecule has 1 aromatic heterocycles. The molecule has 0 saturated carbocycles. The van der Waals surface area contributed by atoms with Crippen LogP contribution >= 0.6 is 0 Å². The minimum Gasteiger partial charge on any atom is -0.507 e. The first-order valence-corrected chi connectivity index (χ1v) is 10.8. The van der Waals surface area contributed by atoms with Crippen molar-refractivity contribution in [3.05, 3.63) is 56.5 Å². The van der Waals surface area contributed by atoms with Crippen LogP contribution < -0.4 is 10.3 Å². The van der Waals surface area contributed by atoms with E-state index in [1.165, 1.54) is 6.20 Å². The van der Waals surface area contributed by atoms with Crippen LogP contribution in [0.3, 0.4) is 0 Å². The van der Waals surface area contributed by atoms with Gasteiger partial charge in [0.05, 0.1) is 18.6 Å². The molecule has 0 fully saturated rings. The van der Waals surface area contributed by atoms with Crippen LogP contribution in [-0.2, 0) is 20.4 Å². The van der Waals surface area contributed by atoms with Crippen molar-refractivity contribution in [2.45, 2.75) is 71.6 Å². The molecule has 2 aromatic rings. The van der Waals surface area contributed by atoms with Crippen molar-refractivity contribution in [3.8, 4) is 11.5 Å². The van der Waals surface area contributed by atoms with Crippen LogP contribution in [0.2, 0.25) is 0 Å². The summed E-state index contributed by atoms with van der Waals surface area (Å²) in [6, 6.07) is 3.68. The van der Waals surface area contributed by atoms with Crippen LogP contribution in [0, 0.1) is 0 Å². The normalized spacial score (nSPS) is 16.3. The zero-order valence-electron chi connectivity index (χ0n) is 19.7. The average Bonchev–Trinajstić information content (AvgIpc) is 2.66. The molecule has 0 radical (unpaired) electrons. The van der Waals surface area contributed by atoms with E-state index in [9.17, 15) is 19.5 Å². The number of fused-ring (bicyclic) bond motifs is 1. The Balaban J connectivity index is 2.31. The lowest BCUT2D eigenvalue weighted by Crippen LogP contribution is -2.30. The Bertz CT molecular complexity index is 1100. The molecule has 0 spiro atoms. The van der Waals surface area contributed by atoms with Gasteiger partial charge in [0, 0.05) is 12.1 Å². The number of hydrogen-bond acceptors (Lipinski definition) is 6. The molecule has 0 bridgehead atoms. The molecular weight excluding hydrogens is 410 g/mol. The first-order chi connectivity index (χ1) is 14.8. The van der Waals surface area contributed by atoms with Crippen molar-refractivity contribution >= 4 is 11.9 Å². The molecule has 2 heterocycles. The molecule has 7 heteroatoms. The minimum atomic E-state index is -0.676. The van der Waals surface area contributed by atoms with E-state index in [2.05, 4.69) is 4.98 Å². The van der Waals surface area contributed by atoms with Gasteiger partial charge in [-0.3, -0.25) is 9.59 Å². The maximum Gasteiger partial charge on any atom is 0.343 e. The van der Waals surface area contributed by atoms with Crippen LogP contribution in [0.15, 0.2) is 23.1 Å². The Labute approximate surface area is 187 Å². The quantitative estimate of drug-likeness (QED) is 0.688. The Hall–Kier alpha value is -3.09. The Morgan fingerprint density at radius 1 is 1.12 bits per heavy atom. The second kappa shape index (κ2) is 8.11. The molecule has 1 aliphatic rings. The first-order valence-electron chi connectivity index (χ1n) is 10.8. The lowest BCUT2D eigenvalue weighted by molar-refractivity contribution is -0.135. The molecule has 3 rings (SSSR count). The predicted octanol–water partition coefficient (Wildman–Crippen LogP) is 4.29. The lowest BCUT2D eigenvalue weighted by Gasteiger charge is -2.31. The highest BCUT2D eigenvalue weighted by atomic mass is 16.5. The number of phenolic OH excluding ortho intramolecular Hbond substituents is 1. The molecule has 1 aliphatic heterocycles. The summed E-state index contributed by atoms with van der Waals surface area (Å²) in [5, 5.41) is 11.0. The molecule has 172 valence electrons. The zero-order chi connectivity index (χ0) is 24.0. The number of hydrogen-bond donors (Lipinski definition) is 2. The van der Waals surface area contributed by atoms with E-state index < -0.39 is 23.4 Å². The van der Waals surface area contributed by atoms with Gasteiger partial charge in [-0.2, -0.15) is 0 Å². The van der Waals surface area contributed by atoms with Crippen LogP contribution in [0.25, 0.3) is 0 Å². The summed E-state index contributed by atoms with van der Waals surface area (Å²) in [4.78, 5) is 40.4. The summed E-state index contributed by atoms with van der Waals surface area (Å²) < 4.78 is 10.4. The van der Waals surface area contributed by atoms with Gasteiger partial charge in [0.2, 0.25) is 0 Å². The van der Waals surface area contributed by atoms with Gasteiger partial charge in [-0.1, -0.05) is 53.7 Å². The van der Waals surface area contributed by atoms with Crippen molar-refractivity contribution in [2.24, 2.45) is 0 Å². The van der Waals surface area contributed by atoms with Gasteiger partial charge in [0.15, 0.2) is 5.75 Å². The average molecular weight is 442 g/mol. The van der Waals surface area contributed by atoms with E-state index in [1.54, 1.807) is 6.92 Å². The number of aromatic hydroxyl groups is 1. The summed E-state index contributed by atoms with van der Waals surface area (Å²) in [6.45, 7) is 13.8. The van der Waals surface area contributed by atoms with Crippen LogP contribution in [0.1, 0.15) is 93.4 Å². The monoisotopic (exact) mass is 441 g/mol. The Morgan fingerprint density at radius 3 is 2.19 bits per heavy atom. The second-order valence-electron chi connectivity index (χ2n) is 10.2. The third kappa shape index (κ3) is 4.29. The van der Waals surface area contributed by atoms with E-state index in [0.29, 0.717) is 5.56 Å². The summed E-state index contributed by atoms with van der Waals surface area (Å²) in [5.41, 5.74) is 1.17. The molecule has 2 N–H and O–H groups in total. The SMILES string of the molecule is CCOC(=O)c1c[nH]c(=O)c2c1OC(=O)C[C@@H]2c1cc(C(C)(C)C)c(O)c(C(C)(C)C)c1. The summed E-state index contributed by atoms with van der Waals surface area (Å²) in [5.74, 6) is -1.70. The smallest absolute Gasteiger partial charge is 0.343 e. The maximum absolute atomic E-state index is 12.9. The molecule has 7 nitrogen and oxygen atoms in total. The number of esters is 2. The standard InChI is InChI=1S/C25H31NO6/c1-8-31-23(30)15-12-26-22(29)19-14(11-18(27)32-21(15)19)13-9-16(24(2,3)4)20(28)17(10-13)25(5,6)7/h9-10,12,14,28H,8,11H2,1-7H3,(H,26,29)/t14-/m1/s1. The molecule has 0 unspecified atom stereocenters. The Kier molecular flexibility index (Phi) is 5.98. The largest absolute Gasteiger partial charge is 0.507 e. The molecule has 0 aliphatic carbocycles. The maximum atomic E-state index is 12.9. The van der Waals surface area contributed by atoms with E-state index in [1.807, 2.05) is 53.7 Å².